The Morgan fingerprint density at radius 3 is 2.43 bits per heavy atom. The van der Waals surface area contributed by atoms with E-state index in [2.05, 4.69) is 11.8 Å². The lowest BCUT2D eigenvalue weighted by atomic mass is 9.55. The number of unbranched alkanes of at least 4 members (excludes halogenated alkanes) is 2. The minimum absolute atomic E-state index is 0.195. The maximum absolute atomic E-state index is 13.5. The number of primary amides is 1. The van der Waals surface area contributed by atoms with Crippen molar-refractivity contribution in [1.29, 1.82) is 0 Å². The Hall–Kier alpha value is -3.65. The average Bonchev–Trinajstić information content (AvgIpc) is 2.74. The summed E-state index contributed by atoms with van der Waals surface area (Å²) >= 11 is 0. The second kappa shape index (κ2) is 7.95. The van der Waals surface area contributed by atoms with Gasteiger partial charge in [-0.2, -0.15) is 0 Å². The van der Waals surface area contributed by atoms with Crippen LogP contribution in [0.2, 0.25) is 0 Å². The lowest BCUT2D eigenvalue weighted by molar-refractivity contribution is -0.200. The fourth-order valence-corrected chi connectivity index (χ4v) is 5.26. The van der Waals surface area contributed by atoms with E-state index in [1.807, 2.05) is 6.92 Å². The van der Waals surface area contributed by atoms with Crippen LogP contribution in [0, 0.1) is 11.8 Å². The van der Waals surface area contributed by atoms with Crippen molar-refractivity contribution in [1.82, 2.24) is 0 Å². The number of phenols is 1. The summed E-state index contributed by atoms with van der Waals surface area (Å²) in [6.07, 6.45) is 0.108. The first kappa shape index (κ1) is 24.5. The van der Waals surface area contributed by atoms with Crippen LogP contribution in [0.15, 0.2) is 29.0 Å². The number of amides is 1. The van der Waals surface area contributed by atoms with Crippen molar-refractivity contribution in [3.05, 3.63) is 45.7 Å². The largest absolute Gasteiger partial charge is 0.508 e. The maximum Gasteiger partial charge on any atom is 0.255 e. The van der Waals surface area contributed by atoms with Crippen LogP contribution < -0.4 is 5.73 Å². The first-order valence-electron chi connectivity index (χ1n) is 11.1. The zero-order valence-corrected chi connectivity index (χ0v) is 18.9. The molecule has 0 spiro atoms. The fourth-order valence-electron chi connectivity index (χ4n) is 5.26. The minimum Gasteiger partial charge on any atom is -0.508 e. The first-order chi connectivity index (χ1) is 16.3. The number of rotatable bonds is 3. The Labute approximate surface area is 200 Å². The van der Waals surface area contributed by atoms with Crippen molar-refractivity contribution in [2.75, 3.05) is 0 Å². The lowest BCUT2D eigenvalue weighted by Crippen LogP contribution is -2.72. The molecule has 1 aromatic carbocycles. The molecule has 0 aliphatic heterocycles. The number of benzene rings is 1. The third-order valence-corrected chi connectivity index (χ3v) is 6.95. The molecule has 1 aromatic rings. The molecule has 0 radical (unpaired) electrons. The number of fused-ring (bicyclic) bond motifs is 3. The second-order valence-corrected chi connectivity index (χ2v) is 9.26. The first-order valence-corrected chi connectivity index (χ1v) is 11.1. The van der Waals surface area contributed by atoms with Gasteiger partial charge in [0.2, 0.25) is 11.4 Å². The Bertz CT molecular complexity index is 1310. The molecule has 10 heteroatoms. The number of ketones is 2. The Morgan fingerprint density at radius 1 is 1.11 bits per heavy atom. The van der Waals surface area contributed by atoms with Crippen LogP contribution in [-0.2, 0) is 20.8 Å². The monoisotopic (exact) mass is 483 g/mol. The van der Waals surface area contributed by atoms with Crippen LogP contribution >= 0.6 is 0 Å². The molecular formula is C25H25NO9. The van der Waals surface area contributed by atoms with Crippen molar-refractivity contribution in [2.45, 2.75) is 62.3 Å². The quantitative estimate of drug-likeness (QED) is 0.178. The van der Waals surface area contributed by atoms with Crippen molar-refractivity contribution in [3.63, 3.8) is 0 Å². The minimum atomic E-state index is -3.24. The molecule has 0 saturated heterocycles. The summed E-state index contributed by atoms with van der Waals surface area (Å²) in [5, 5.41) is 66.1. The predicted molar refractivity (Wildman–Crippen MR) is 121 cm³/mol. The van der Waals surface area contributed by atoms with Gasteiger partial charge in [0.25, 0.3) is 5.91 Å². The van der Waals surface area contributed by atoms with Gasteiger partial charge >= 0.3 is 0 Å². The molecule has 3 aliphatic rings. The summed E-state index contributed by atoms with van der Waals surface area (Å²) in [5.41, 5.74) is -4.60. The summed E-state index contributed by atoms with van der Waals surface area (Å²) < 4.78 is 0. The van der Waals surface area contributed by atoms with E-state index < -0.39 is 82.0 Å². The van der Waals surface area contributed by atoms with E-state index in [0.717, 1.165) is 12.8 Å². The molecule has 0 aromatic heterocycles. The number of hydrogen-bond donors (Lipinski definition) is 7. The van der Waals surface area contributed by atoms with Gasteiger partial charge in [0.05, 0.1) is 11.1 Å². The Morgan fingerprint density at radius 2 is 1.80 bits per heavy atom. The zero-order valence-electron chi connectivity index (χ0n) is 18.9. The van der Waals surface area contributed by atoms with Gasteiger partial charge in [-0.25, -0.2) is 0 Å². The number of aliphatic hydroxyl groups is 5. The smallest absolute Gasteiger partial charge is 0.255 e. The van der Waals surface area contributed by atoms with Crippen LogP contribution in [0.3, 0.4) is 0 Å². The molecule has 1 amide bonds. The Kier molecular flexibility index (Phi) is 5.56. The summed E-state index contributed by atoms with van der Waals surface area (Å²) in [6.45, 7) is 2.01. The highest BCUT2D eigenvalue weighted by Gasteiger charge is 2.71. The van der Waals surface area contributed by atoms with Gasteiger partial charge in [0.15, 0.2) is 11.5 Å². The van der Waals surface area contributed by atoms with E-state index in [-0.39, 0.29) is 11.1 Å². The second-order valence-electron chi connectivity index (χ2n) is 9.26. The SMILES string of the molecule is CCCCC#Cc1ccc(O)c2c1C[C@@]1(O)C[C@@]3(O)CC(=O)C(C(N)=O)=C(O)[C@@]3(O)C(=O)C1=C2O. The number of Topliss-reactive ketones (excluding diaryl/α,β-unsaturated/α-hetero) is 2. The topological polar surface area (TPSA) is 199 Å². The van der Waals surface area contributed by atoms with Crippen molar-refractivity contribution >= 4 is 23.2 Å². The van der Waals surface area contributed by atoms with Gasteiger partial charge < -0.3 is 36.4 Å². The molecule has 0 heterocycles. The molecule has 35 heavy (non-hydrogen) atoms. The number of aromatic hydroxyl groups is 1. The summed E-state index contributed by atoms with van der Waals surface area (Å²) in [5.74, 6) is -0.935. The van der Waals surface area contributed by atoms with Gasteiger partial charge in [0, 0.05) is 31.2 Å². The van der Waals surface area contributed by atoms with Crippen LogP contribution in [0.5, 0.6) is 5.75 Å². The molecule has 10 nitrogen and oxygen atoms in total. The summed E-state index contributed by atoms with van der Waals surface area (Å²) in [7, 11) is 0. The van der Waals surface area contributed by atoms with E-state index >= 15 is 0 Å². The van der Waals surface area contributed by atoms with Gasteiger partial charge in [0.1, 0.15) is 28.3 Å². The molecule has 0 bridgehead atoms. The molecular weight excluding hydrogens is 458 g/mol. The van der Waals surface area contributed by atoms with E-state index in [1.54, 1.807) is 0 Å². The highest BCUT2D eigenvalue weighted by molar-refractivity contribution is 6.23. The third kappa shape index (κ3) is 3.27. The normalized spacial score (nSPS) is 29.7. The highest BCUT2D eigenvalue weighted by atomic mass is 16.4. The standard InChI is InChI=1S/C25H25NO9/c1-2-3-4-5-6-12-7-8-14(27)16-13(12)9-23(33)11-24(34)10-15(28)17(22(26)32)20(30)25(24,35)21(31)18(23)19(16)29/h7-8,27,29-30,33-35H,2-4,9-11H2,1H3,(H2,26,32)/t23-,24+,25-/m1/s1. The van der Waals surface area contributed by atoms with E-state index in [9.17, 15) is 45.0 Å². The number of carbonyl (C=O) groups is 3. The van der Waals surface area contributed by atoms with Gasteiger partial charge in [-0.05, 0) is 24.1 Å². The highest BCUT2D eigenvalue weighted by Crippen LogP contribution is 2.55. The molecule has 8 N–H and O–H groups in total. The number of aliphatic hydroxyl groups excluding tert-OH is 2. The molecule has 3 atom stereocenters. The van der Waals surface area contributed by atoms with Crippen LogP contribution in [0.25, 0.3) is 5.76 Å². The van der Waals surface area contributed by atoms with E-state index in [0.29, 0.717) is 12.0 Å². The molecule has 1 fully saturated rings. The number of nitrogens with two attached hydrogens (primary N) is 1. The van der Waals surface area contributed by atoms with E-state index in [4.69, 9.17) is 5.73 Å². The summed E-state index contributed by atoms with van der Waals surface area (Å²) in [6, 6.07) is 2.74. The van der Waals surface area contributed by atoms with E-state index in [1.165, 1.54) is 12.1 Å². The predicted octanol–water partition coefficient (Wildman–Crippen LogP) is 0.195. The van der Waals surface area contributed by atoms with Crippen LogP contribution in [0.1, 0.15) is 55.7 Å². The fraction of sp³-hybridized carbons (Fsp3) is 0.400. The van der Waals surface area contributed by atoms with Crippen molar-refractivity contribution < 1.29 is 45.0 Å². The zero-order chi connectivity index (χ0) is 25.9. The summed E-state index contributed by atoms with van der Waals surface area (Å²) in [4.78, 5) is 37.7. The van der Waals surface area contributed by atoms with Crippen molar-refractivity contribution in [3.8, 4) is 17.6 Å². The van der Waals surface area contributed by atoms with Crippen LogP contribution in [0.4, 0.5) is 0 Å². The lowest BCUT2D eigenvalue weighted by Gasteiger charge is -2.54. The Balaban J connectivity index is 1.96. The number of phenolic OH excluding ortho intramolecular Hbond substituents is 1. The average molecular weight is 483 g/mol. The third-order valence-electron chi connectivity index (χ3n) is 6.95. The van der Waals surface area contributed by atoms with Crippen molar-refractivity contribution in [2.24, 2.45) is 5.73 Å². The molecule has 1 saturated carbocycles. The maximum atomic E-state index is 13.5. The van der Waals surface area contributed by atoms with Gasteiger partial charge in [-0.3, -0.25) is 14.4 Å². The van der Waals surface area contributed by atoms with Crippen LogP contribution in [-0.4, -0.2) is 64.9 Å². The van der Waals surface area contributed by atoms with Gasteiger partial charge in [-0.15, -0.1) is 0 Å². The number of hydrogen-bond acceptors (Lipinski definition) is 9. The van der Waals surface area contributed by atoms with Gasteiger partial charge in [-0.1, -0.05) is 25.2 Å². The number of carbonyl (C=O) groups excluding carboxylic acids is 3. The molecule has 3 aliphatic carbocycles. The molecule has 0 unspecified atom stereocenters. The molecule has 4 rings (SSSR count). The molecule has 184 valence electrons.